The summed E-state index contributed by atoms with van der Waals surface area (Å²) in [5.41, 5.74) is -2.27. The van der Waals surface area contributed by atoms with Crippen molar-refractivity contribution < 1.29 is 22.0 Å². The van der Waals surface area contributed by atoms with Crippen molar-refractivity contribution in [1.82, 2.24) is 9.78 Å². The van der Waals surface area contributed by atoms with Gasteiger partial charge in [-0.2, -0.15) is 18.3 Å². The topological polar surface area (TPSA) is 17.8 Å². The Bertz CT molecular complexity index is 473. The summed E-state index contributed by atoms with van der Waals surface area (Å²) in [7, 11) is 1.28. The summed E-state index contributed by atoms with van der Waals surface area (Å²) in [6.45, 7) is 0. The molecule has 2 aliphatic rings. The lowest BCUT2D eigenvalue weighted by Gasteiger charge is -2.14. The smallest absolute Gasteiger partial charge is 0.271 e. The highest BCUT2D eigenvalue weighted by atomic mass is 19.4. The summed E-state index contributed by atoms with van der Waals surface area (Å²) >= 11 is 0. The molecule has 2 unspecified atom stereocenters. The Morgan fingerprint density at radius 1 is 1.38 bits per heavy atom. The maximum atomic E-state index is 13.6. The van der Waals surface area contributed by atoms with Gasteiger partial charge in [0.2, 0.25) is 0 Å². The van der Waals surface area contributed by atoms with Crippen LogP contribution in [0.15, 0.2) is 0 Å². The van der Waals surface area contributed by atoms with Crippen LogP contribution in [0.3, 0.4) is 0 Å². The fourth-order valence-electron chi connectivity index (χ4n) is 2.57. The summed E-state index contributed by atoms with van der Waals surface area (Å²) in [6.07, 6.45) is -4.55. The molecule has 0 radical (unpaired) electrons. The minimum atomic E-state index is -4.81. The van der Waals surface area contributed by atoms with Crippen LogP contribution in [0.25, 0.3) is 0 Å². The van der Waals surface area contributed by atoms with E-state index in [2.05, 4.69) is 5.10 Å². The molecule has 0 saturated heterocycles. The van der Waals surface area contributed by atoms with Crippen LogP contribution in [0.4, 0.5) is 22.0 Å². The van der Waals surface area contributed by atoms with Crippen LogP contribution < -0.4 is 0 Å². The van der Waals surface area contributed by atoms with E-state index in [0.29, 0.717) is 0 Å². The Kier molecular flexibility index (Phi) is 1.51. The average Bonchev–Trinajstić information content (AvgIpc) is 2.76. The standard InChI is InChI=1S/C9H7F5N2/c1-16-6-3-2-4(3)8(10,11)5(6)7(15-16)9(12,13)14/h3-4H,2H2,1H3. The van der Waals surface area contributed by atoms with Crippen molar-refractivity contribution >= 4 is 0 Å². The zero-order chi connectivity index (χ0) is 11.9. The predicted octanol–water partition coefficient (Wildman–Crippen LogP) is 2.65. The second-order valence-electron chi connectivity index (χ2n) is 4.30. The molecule has 0 spiro atoms. The second-order valence-corrected chi connectivity index (χ2v) is 4.30. The van der Waals surface area contributed by atoms with Crippen molar-refractivity contribution in [3.63, 3.8) is 0 Å². The van der Waals surface area contributed by atoms with Crippen molar-refractivity contribution in [2.24, 2.45) is 13.0 Å². The first-order valence-corrected chi connectivity index (χ1v) is 4.77. The molecule has 1 saturated carbocycles. The minimum Gasteiger partial charge on any atom is -0.271 e. The number of hydrogen-bond donors (Lipinski definition) is 0. The fourth-order valence-corrected chi connectivity index (χ4v) is 2.57. The van der Waals surface area contributed by atoms with E-state index in [1.54, 1.807) is 0 Å². The van der Waals surface area contributed by atoms with Gasteiger partial charge in [0.15, 0.2) is 5.69 Å². The van der Waals surface area contributed by atoms with Gasteiger partial charge in [0.05, 0.1) is 11.3 Å². The van der Waals surface area contributed by atoms with Crippen molar-refractivity contribution in [3.8, 4) is 0 Å². The van der Waals surface area contributed by atoms with E-state index in [1.807, 2.05) is 0 Å². The molecule has 2 aliphatic carbocycles. The van der Waals surface area contributed by atoms with E-state index >= 15 is 0 Å². The monoisotopic (exact) mass is 238 g/mol. The number of rotatable bonds is 0. The molecule has 1 aromatic heterocycles. The van der Waals surface area contributed by atoms with Gasteiger partial charge in [0.25, 0.3) is 5.92 Å². The van der Waals surface area contributed by atoms with Crippen LogP contribution in [0.2, 0.25) is 0 Å². The lowest BCUT2D eigenvalue weighted by molar-refractivity contribution is -0.146. The predicted molar refractivity (Wildman–Crippen MR) is 43.0 cm³/mol. The van der Waals surface area contributed by atoms with Crippen molar-refractivity contribution in [3.05, 3.63) is 17.0 Å². The van der Waals surface area contributed by atoms with Gasteiger partial charge < -0.3 is 0 Å². The van der Waals surface area contributed by atoms with Crippen LogP contribution >= 0.6 is 0 Å². The number of fused-ring (bicyclic) bond motifs is 3. The fraction of sp³-hybridized carbons (Fsp3) is 0.667. The molecule has 16 heavy (non-hydrogen) atoms. The SMILES string of the molecule is Cn1nc(C(F)(F)F)c2c1C1CC1C2(F)F. The Balaban J connectivity index is 2.26. The largest absolute Gasteiger partial charge is 0.435 e. The average molecular weight is 238 g/mol. The number of halogens is 5. The number of nitrogens with zero attached hydrogens (tertiary/aromatic N) is 2. The molecule has 1 fully saturated rings. The highest BCUT2D eigenvalue weighted by Crippen LogP contribution is 2.68. The quantitative estimate of drug-likeness (QED) is 0.635. The summed E-state index contributed by atoms with van der Waals surface area (Å²) < 4.78 is 65.8. The van der Waals surface area contributed by atoms with Crippen LogP contribution in [-0.4, -0.2) is 9.78 Å². The molecule has 0 aromatic carbocycles. The van der Waals surface area contributed by atoms with E-state index in [9.17, 15) is 22.0 Å². The van der Waals surface area contributed by atoms with Gasteiger partial charge in [-0.25, -0.2) is 8.78 Å². The molecule has 2 atom stereocenters. The molecular formula is C9H7F5N2. The lowest BCUT2D eigenvalue weighted by Crippen LogP contribution is -2.19. The van der Waals surface area contributed by atoms with Gasteiger partial charge in [-0.3, -0.25) is 4.68 Å². The van der Waals surface area contributed by atoms with Gasteiger partial charge in [-0.1, -0.05) is 0 Å². The Morgan fingerprint density at radius 3 is 2.56 bits per heavy atom. The highest BCUT2D eigenvalue weighted by Gasteiger charge is 2.68. The normalized spacial score (nSPS) is 30.1. The summed E-state index contributed by atoms with van der Waals surface area (Å²) in [5, 5.41) is 3.19. The molecule has 0 N–H and O–H groups in total. The number of alkyl halides is 5. The maximum Gasteiger partial charge on any atom is 0.435 e. The van der Waals surface area contributed by atoms with E-state index in [4.69, 9.17) is 0 Å². The summed E-state index contributed by atoms with van der Waals surface area (Å²) in [5.74, 6) is -4.77. The Morgan fingerprint density at radius 2 is 2.00 bits per heavy atom. The molecular weight excluding hydrogens is 231 g/mol. The zero-order valence-corrected chi connectivity index (χ0v) is 8.15. The molecule has 1 heterocycles. The van der Waals surface area contributed by atoms with Crippen molar-refractivity contribution in [1.29, 1.82) is 0 Å². The highest BCUT2D eigenvalue weighted by molar-refractivity contribution is 5.46. The van der Waals surface area contributed by atoms with Crippen LogP contribution in [-0.2, 0) is 19.1 Å². The molecule has 3 rings (SSSR count). The first-order chi connectivity index (χ1) is 7.24. The van der Waals surface area contributed by atoms with Gasteiger partial charge >= 0.3 is 6.18 Å². The summed E-state index contributed by atoms with van der Waals surface area (Å²) in [6, 6.07) is 0. The third-order valence-electron chi connectivity index (χ3n) is 3.30. The molecule has 2 nitrogen and oxygen atoms in total. The number of aryl methyl sites for hydroxylation is 1. The first kappa shape index (κ1) is 10.0. The lowest BCUT2D eigenvalue weighted by atomic mass is 10.1. The van der Waals surface area contributed by atoms with Gasteiger partial charge in [-0.05, 0) is 6.42 Å². The third kappa shape index (κ3) is 0.985. The molecule has 0 amide bonds. The van der Waals surface area contributed by atoms with Crippen molar-refractivity contribution in [2.75, 3.05) is 0 Å². The van der Waals surface area contributed by atoms with E-state index in [-0.39, 0.29) is 12.1 Å². The molecule has 0 aliphatic heterocycles. The number of hydrogen-bond acceptors (Lipinski definition) is 1. The van der Waals surface area contributed by atoms with E-state index in [1.165, 1.54) is 7.05 Å². The Hall–Kier alpha value is -1.14. The molecule has 1 aromatic rings. The van der Waals surface area contributed by atoms with Gasteiger partial charge in [-0.15, -0.1) is 0 Å². The first-order valence-electron chi connectivity index (χ1n) is 4.77. The van der Waals surface area contributed by atoms with E-state index in [0.717, 1.165) is 4.68 Å². The Labute approximate surface area is 87.0 Å². The second kappa shape index (κ2) is 2.41. The molecule has 7 heteroatoms. The van der Waals surface area contributed by atoms with Crippen molar-refractivity contribution in [2.45, 2.75) is 24.4 Å². The van der Waals surface area contributed by atoms with Crippen LogP contribution in [0.1, 0.15) is 29.3 Å². The summed E-state index contributed by atoms with van der Waals surface area (Å²) in [4.78, 5) is 0. The van der Waals surface area contributed by atoms with Crippen LogP contribution in [0, 0.1) is 5.92 Å². The minimum absolute atomic E-state index is 0.0577. The third-order valence-corrected chi connectivity index (χ3v) is 3.30. The molecule has 88 valence electrons. The number of aromatic nitrogens is 2. The van der Waals surface area contributed by atoms with E-state index < -0.39 is 35.2 Å². The van der Waals surface area contributed by atoms with Crippen LogP contribution in [0.5, 0.6) is 0 Å². The van der Waals surface area contributed by atoms with Gasteiger partial charge in [0.1, 0.15) is 0 Å². The molecule has 0 bridgehead atoms. The van der Waals surface area contributed by atoms with Gasteiger partial charge in [0, 0.05) is 18.9 Å². The maximum absolute atomic E-state index is 13.6. The zero-order valence-electron chi connectivity index (χ0n) is 8.15.